The second-order valence-corrected chi connectivity index (χ2v) is 4.82. The van der Waals surface area contributed by atoms with E-state index in [-0.39, 0.29) is 0 Å². The molecular formula is C21H32N2O. The normalized spacial score (nSPS) is 20.0. The Morgan fingerprint density at radius 2 is 1.75 bits per heavy atom. The Morgan fingerprint density at radius 1 is 1.12 bits per heavy atom. The van der Waals surface area contributed by atoms with Gasteiger partial charge in [0.05, 0.1) is 0 Å². The fourth-order valence-corrected chi connectivity index (χ4v) is 1.98. The first-order chi connectivity index (χ1) is 11.6. The van der Waals surface area contributed by atoms with Crippen LogP contribution in [0.15, 0.2) is 71.3 Å². The Bertz CT molecular complexity index is 571. The maximum absolute atomic E-state index is 5.60. The van der Waals surface area contributed by atoms with E-state index < -0.39 is 5.72 Å². The van der Waals surface area contributed by atoms with E-state index in [2.05, 4.69) is 23.5 Å². The van der Waals surface area contributed by atoms with Gasteiger partial charge in [-0.2, -0.15) is 0 Å². The highest BCUT2D eigenvalue weighted by molar-refractivity contribution is 5.93. The van der Waals surface area contributed by atoms with E-state index in [1.807, 2.05) is 96.2 Å². The number of hydrogen-bond donors (Lipinski definition) is 1. The zero-order valence-electron chi connectivity index (χ0n) is 16.1. The Kier molecular flexibility index (Phi) is 11.2. The number of amidine groups is 1. The maximum atomic E-state index is 5.60. The number of hydrogen-bond acceptors (Lipinski definition) is 3. The average Bonchev–Trinajstić information content (AvgIpc) is 3.02. The Hall–Kier alpha value is -2.13. The highest BCUT2D eigenvalue weighted by atomic mass is 16.7. The molecule has 132 valence electrons. The summed E-state index contributed by atoms with van der Waals surface area (Å²) in [4.78, 5) is 10.2. The van der Waals surface area contributed by atoms with Crippen molar-refractivity contribution >= 4 is 5.84 Å². The van der Waals surface area contributed by atoms with Gasteiger partial charge in [-0.3, -0.25) is 0 Å². The minimum atomic E-state index is -0.664. The van der Waals surface area contributed by atoms with Gasteiger partial charge >= 0.3 is 0 Å². The van der Waals surface area contributed by atoms with Gasteiger partial charge in [0.25, 0.3) is 0 Å². The largest absolute Gasteiger partial charge is 0.246 e. The first-order valence-corrected chi connectivity index (χ1v) is 8.71. The molecule has 1 atom stereocenters. The fraction of sp³-hybridized carbons (Fsp3) is 0.381. The molecule has 1 aliphatic heterocycles. The highest BCUT2D eigenvalue weighted by Crippen LogP contribution is 2.28. The zero-order valence-corrected chi connectivity index (χ0v) is 16.1. The van der Waals surface area contributed by atoms with E-state index in [1.54, 1.807) is 0 Å². The lowest BCUT2D eigenvalue weighted by Gasteiger charge is -2.18. The SMILES string of the molecule is CC.CC.C\C=C/C(C)=C\C=C\C1=NC(C)(c2ccccc2)ON1. The van der Waals surface area contributed by atoms with E-state index in [0.29, 0.717) is 0 Å². The smallest absolute Gasteiger partial charge is 0.210 e. The summed E-state index contributed by atoms with van der Waals surface area (Å²) < 4.78 is 0. The zero-order chi connectivity index (χ0) is 18.4. The van der Waals surface area contributed by atoms with Crippen molar-refractivity contribution in [3.8, 4) is 0 Å². The Balaban J connectivity index is 0.00000123. The van der Waals surface area contributed by atoms with Crippen LogP contribution in [0.5, 0.6) is 0 Å². The minimum Gasteiger partial charge on any atom is -0.246 e. The number of rotatable bonds is 4. The predicted octanol–water partition coefficient (Wildman–Crippen LogP) is 5.92. The van der Waals surface area contributed by atoms with Crippen molar-refractivity contribution in [3.63, 3.8) is 0 Å². The summed E-state index contributed by atoms with van der Waals surface area (Å²) in [6.45, 7) is 14.0. The van der Waals surface area contributed by atoms with Crippen LogP contribution in [0.25, 0.3) is 0 Å². The molecule has 1 N–H and O–H groups in total. The van der Waals surface area contributed by atoms with Crippen LogP contribution in [0.4, 0.5) is 0 Å². The van der Waals surface area contributed by atoms with E-state index in [0.717, 1.165) is 11.4 Å². The summed E-state index contributed by atoms with van der Waals surface area (Å²) in [6.07, 6.45) is 9.96. The first kappa shape index (κ1) is 21.9. The molecule has 1 aliphatic rings. The summed E-state index contributed by atoms with van der Waals surface area (Å²) in [5.41, 5.74) is 4.42. The maximum Gasteiger partial charge on any atom is 0.210 e. The lowest BCUT2D eigenvalue weighted by atomic mass is 10.1. The third-order valence-electron chi connectivity index (χ3n) is 3.04. The molecule has 3 heteroatoms. The number of aliphatic imine (C=N–C) groups is 1. The number of hydroxylamine groups is 1. The van der Waals surface area contributed by atoms with Gasteiger partial charge < -0.3 is 0 Å². The number of allylic oxidation sites excluding steroid dienone is 5. The summed E-state index contributed by atoms with van der Waals surface area (Å²) in [5.74, 6) is 0.723. The Morgan fingerprint density at radius 3 is 2.33 bits per heavy atom. The van der Waals surface area contributed by atoms with Gasteiger partial charge in [-0.15, -0.1) is 0 Å². The molecule has 0 radical (unpaired) electrons. The standard InChI is InChI=1S/C17H20N2O.2C2H6/c1-4-9-14(2)10-8-13-16-18-17(3,20-19-16)15-11-6-5-7-12-15;2*1-2/h4-13H,1-3H3,(H,18,19);2*1-2H3/b9-4-,13-8+,14-10-;;. The molecule has 1 unspecified atom stereocenters. The van der Waals surface area contributed by atoms with Crippen molar-refractivity contribution in [3.05, 3.63) is 71.8 Å². The Labute approximate surface area is 147 Å². The molecule has 2 rings (SSSR count). The van der Waals surface area contributed by atoms with E-state index >= 15 is 0 Å². The molecular weight excluding hydrogens is 296 g/mol. The second-order valence-electron chi connectivity index (χ2n) is 4.82. The van der Waals surface area contributed by atoms with Gasteiger partial charge in [0.1, 0.15) is 5.84 Å². The van der Waals surface area contributed by atoms with Crippen molar-refractivity contribution in [2.24, 2.45) is 4.99 Å². The molecule has 24 heavy (non-hydrogen) atoms. The molecule has 1 aromatic rings. The third kappa shape index (κ3) is 6.97. The lowest BCUT2D eigenvalue weighted by Crippen LogP contribution is -2.23. The monoisotopic (exact) mass is 328 g/mol. The summed E-state index contributed by atoms with van der Waals surface area (Å²) in [6, 6.07) is 9.96. The summed E-state index contributed by atoms with van der Waals surface area (Å²) in [7, 11) is 0. The predicted molar refractivity (Wildman–Crippen MR) is 106 cm³/mol. The van der Waals surface area contributed by atoms with Gasteiger partial charge in [0.2, 0.25) is 5.72 Å². The van der Waals surface area contributed by atoms with Crippen LogP contribution >= 0.6 is 0 Å². The molecule has 0 spiro atoms. The van der Waals surface area contributed by atoms with Crippen LogP contribution in [0.1, 0.15) is 54.0 Å². The molecule has 0 aromatic heterocycles. The molecule has 0 bridgehead atoms. The lowest BCUT2D eigenvalue weighted by molar-refractivity contribution is -0.0452. The fourth-order valence-electron chi connectivity index (χ4n) is 1.98. The van der Waals surface area contributed by atoms with Crippen LogP contribution in [-0.4, -0.2) is 5.84 Å². The van der Waals surface area contributed by atoms with Gasteiger partial charge in [0, 0.05) is 5.56 Å². The topological polar surface area (TPSA) is 33.6 Å². The third-order valence-corrected chi connectivity index (χ3v) is 3.04. The number of nitrogens with zero attached hydrogens (tertiary/aromatic N) is 1. The van der Waals surface area contributed by atoms with Gasteiger partial charge in [-0.05, 0) is 26.8 Å². The molecule has 3 nitrogen and oxygen atoms in total. The van der Waals surface area contributed by atoms with Gasteiger partial charge in [0.15, 0.2) is 0 Å². The van der Waals surface area contributed by atoms with Crippen molar-refractivity contribution in [2.45, 2.75) is 54.2 Å². The summed E-state index contributed by atoms with van der Waals surface area (Å²) in [5, 5.41) is 0. The van der Waals surface area contributed by atoms with Crippen molar-refractivity contribution in [2.75, 3.05) is 0 Å². The molecule has 1 aromatic carbocycles. The van der Waals surface area contributed by atoms with Crippen molar-refractivity contribution in [1.29, 1.82) is 0 Å². The van der Waals surface area contributed by atoms with E-state index in [4.69, 9.17) is 4.84 Å². The van der Waals surface area contributed by atoms with Crippen LogP contribution in [0, 0.1) is 0 Å². The summed E-state index contributed by atoms with van der Waals surface area (Å²) >= 11 is 0. The molecule has 0 saturated heterocycles. The van der Waals surface area contributed by atoms with Crippen molar-refractivity contribution < 1.29 is 4.84 Å². The quantitative estimate of drug-likeness (QED) is 0.696. The highest BCUT2D eigenvalue weighted by Gasteiger charge is 2.32. The molecule has 0 saturated carbocycles. The number of benzene rings is 1. The second kappa shape index (κ2) is 12.3. The molecule has 0 aliphatic carbocycles. The van der Waals surface area contributed by atoms with Crippen LogP contribution < -0.4 is 5.48 Å². The minimum absolute atomic E-state index is 0.664. The van der Waals surface area contributed by atoms with Crippen LogP contribution in [0.3, 0.4) is 0 Å². The average molecular weight is 328 g/mol. The van der Waals surface area contributed by atoms with Gasteiger partial charge in [-0.1, -0.05) is 87.9 Å². The van der Waals surface area contributed by atoms with Gasteiger partial charge in [-0.25, -0.2) is 15.3 Å². The van der Waals surface area contributed by atoms with Crippen molar-refractivity contribution in [1.82, 2.24) is 5.48 Å². The van der Waals surface area contributed by atoms with E-state index in [1.165, 1.54) is 5.57 Å². The molecule has 0 amide bonds. The number of nitrogens with one attached hydrogen (secondary N) is 1. The van der Waals surface area contributed by atoms with Crippen LogP contribution in [0.2, 0.25) is 0 Å². The van der Waals surface area contributed by atoms with Crippen LogP contribution in [-0.2, 0) is 10.6 Å². The molecule has 1 heterocycles. The molecule has 0 fully saturated rings. The van der Waals surface area contributed by atoms with E-state index in [9.17, 15) is 0 Å². The first-order valence-electron chi connectivity index (χ1n) is 8.71.